The van der Waals surface area contributed by atoms with Gasteiger partial charge in [-0.15, -0.1) is 0 Å². The Morgan fingerprint density at radius 2 is 2.12 bits per heavy atom. The van der Waals surface area contributed by atoms with Gasteiger partial charge in [-0.3, -0.25) is 9.69 Å². The number of halogens is 1. The maximum absolute atomic E-state index is 10.7. The van der Waals surface area contributed by atoms with Crippen molar-refractivity contribution in [3.63, 3.8) is 0 Å². The smallest absolute Gasteiger partial charge is 0.317 e. The van der Waals surface area contributed by atoms with Gasteiger partial charge in [-0.05, 0) is 32.0 Å². The highest BCUT2D eigenvalue weighted by atomic mass is 35.5. The second-order valence-corrected chi connectivity index (χ2v) is 4.60. The molecule has 0 spiro atoms. The molecule has 0 aromatic heterocycles. The Hall–Kier alpha value is -1.26. The van der Waals surface area contributed by atoms with E-state index in [2.05, 4.69) is 0 Å². The minimum Gasteiger partial charge on any atom is -0.508 e. The van der Waals surface area contributed by atoms with Gasteiger partial charge in [0.05, 0.1) is 6.54 Å². The largest absolute Gasteiger partial charge is 0.508 e. The average molecular weight is 258 g/mol. The third kappa shape index (κ3) is 4.24. The molecule has 4 nitrogen and oxygen atoms in total. The number of carboxylic acids is 1. The van der Waals surface area contributed by atoms with Crippen LogP contribution in [0, 0.1) is 0 Å². The molecule has 0 aliphatic rings. The number of phenols is 1. The Morgan fingerprint density at radius 1 is 1.47 bits per heavy atom. The number of phenolic OH excluding ortho intramolecular Hbond substituents is 1. The molecule has 0 heterocycles. The summed E-state index contributed by atoms with van der Waals surface area (Å²) in [5.74, 6) is -0.759. The Labute approximate surface area is 105 Å². The van der Waals surface area contributed by atoms with Gasteiger partial charge >= 0.3 is 5.97 Å². The molecule has 94 valence electrons. The van der Waals surface area contributed by atoms with E-state index in [9.17, 15) is 9.90 Å². The van der Waals surface area contributed by atoms with Crippen molar-refractivity contribution in [3.8, 4) is 5.75 Å². The van der Waals surface area contributed by atoms with Crippen LogP contribution in [0.3, 0.4) is 0 Å². The monoisotopic (exact) mass is 257 g/mol. The number of hydrogen-bond donors (Lipinski definition) is 2. The van der Waals surface area contributed by atoms with Gasteiger partial charge in [0.1, 0.15) is 5.75 Å². The van der Waals surface area contributed by atoms with Crippen molar-refractivity contribution < 1.29 is 15.0 Å². The molecule has 0 radical (unpaired) electrons. The summed E-state index contributed by atoms with van der Waals surface area (Å²) >= 11 is 5.84. The van der Waals surface area contributed by atoms with E-state index in [4.69, 9.17) is 16.7 Å². The molecule has 0 amide bonds. The van der Waals surface area contributed by atoms with Gasteiger partial charge in [0.15, 0.2) is 0 Å². The summed E-state index contributed by atoms with van der Waals surface area (Å²) in [7, 11) is 0. The van der Waals surface area contributed by atoms with Crippen molar-refractivity contribution in [1.82, 2.24) is 4.90 Å². The standard InChI is InChI=1S/C12H16ClNO3/c1-8(2)14(7-12(16)17)6-9-5-10(13)3-4-11(9)15/h3-5,8,15H,6-7H2,1-2H3,(H,16,17). The number of rotatable bonds is 5. The van der Waals surface area contributed by atoms with Crippen LogP contribution < -0.4 is 0 Å². The molecule has 0 unspecified atom stereocenters. The maximum atomic E-state index is 10.7. The normalized spacial score (nSPS) is 11.1. The van der Waals surface area contributed by atoms with Crippen molar-refractivity contribution >= 4 is 17.6 Å². The van der Waals surface area contributed by atoms with Crippen molar-refractivity contribution in [2.75, 3.05) is 6.54 Å². The van der Waals surface area contributed by atoms with Crippen LogP contribution in [0.4, 0.5) is 0 Å². The summed E-state index contributed by atoms with van der Waals surface area (Å²) < 4.78 is 0. The van der Waals surface area contributed by atoms with E-state index in [1.807, 2.05) is 13.8 Å². The van der Waals surface area contributed by atoms with Crippen LogP contribution in [-0.2, 0) is 11.3 Å². The third-order valence-electron chi connectivity index (χ3n) is 2.48. The summed E-state index contributed by atoms with van der Waals surface area (Å²) in [4.78, 5) is 12.5. The predicted molar refractivity (Wildman–Crippen MR) is 66.3 cm³/mol. The Morgan fingerprint density at radius 3 is 2.65 bits per heavy atom. The van der Waals surface area contributed by atoms with Crippen molar-refractivity contribution in [3.05, 3.63) is 28.8 Å². The zero-order chi connectivity index (χ0) is 13.0. The second-order valence-electron chi connectivity index (χ2n) is 4.17. The number of aromatic hydroxyl groups is 1. The Kier molecular flexibility index (Phi) is 4.78. The first-order valence-corrected chi connectivity index (χ1v) is 5.71. The van der Waals surface area contributed by atoms with Crippen LogP contribution in [0.5, 0.6) is 5.75 Å². The van der Waals surface area contributed by atoms with Crippen LogP contribution in [-0.4, -0.2) is 33.7 Å². The minimum atomic E-state index is -0.889. The van der Waals surface area contributed by atoms with Gasteiger partial charge in [-0.25, -0.2) is 0 Å². The highest BCUT2D eigenvalue weighted by Crippen LogP contribution is 2.23. The summed E-state index contributed by atoms with van der Waals surface area (Å²) in [5, 5.41) is 19.0. The zero-order valence-electron chi connectivity index (χ0n) is 9.85. The van der Waals surface area contributed by atoms with Gasteiger partial charge in [0.2, 0.25) is 0 Å². The van der Waals surface area contributed by atoms with E-state index in [-0.39, 0.29) is 18.3 Å². The van der Waals surface area contributed by atoms with E-state index in [1.54, 1.807) is 17.0 Å². The predicted octanol–water partition coefficient (Wildman–Crippen LogP) is 2.34. The summed E-state index contributed by atoms with van der Waals surface area (Å²) in [6.07, 6.45) is 0. The van der Waals surface area contributed by atoms with Crippen molar-refractivity contribution in [2.24, 2.45) is 0 Å². The number of aliphatic carboxylic acids is 1. The van der Waals surface area contributed by atoms with Crippen LogP contribution in [0.2, 0.25) is 5.02 Å². The number of nitrogens with zero attached hydrogens (tertiary/aromatic N) is 1. The molecule has 0 atom stereocenters. The first kappa shape index (κ1) is 13.8. The Bertz CT molecular complexity index is 407. The fraction of sp³-hybridized carbons (Fsp3) is 0.417. The van der Waals surface area contributed by atoms with E-state index >= 15 is 0 Å². The lowest BCUT2D eigenvalue weighted by Crippen LogP contribution is -2.35. The minimum absolute atomic E-state index is 0.0659. The number of carboxylic acid groups (broad SMARTS) is 1. The lowest BCUT2D eigenvalue weighted by Gasteiger charge is -2.24. The van der Waals surface area contributed by atoms with E-state index in [1.165, 1.54) is 6.07 Å². The zero-order valence-corrected chi connectivity index (χ0v) is 10.6. The van der Waals surface area contributed by atoms with Gasteiger partial charge in [0, 0.05) is 23.2 Å². The molecule has 1 rings (SSSR count). The fourth-order valence-electron chi connectivity index (χ4n) is 1.49. The molecule has 0 saturated carbocycles. The molecule has 5 heteroatoms. The van der Waals surface area contributed by atoms with Gasteiger partial charge in [-0.2, -0.15) is 0 Å². The quantitative estimate of drug-likeness (QED) is 0.850. The highest BCUT2D eigenvalue weighted by Gasteiger charge is 2.15. The van der Waals surface area contributed by atoms with Crippen LogP contribution in [0.1, 0.15) is 19.4 Å². The molecule has 1 aromatic carbocycles. The molecule has 1 aromatic rings. The number of benzene rings is 1. The molecule has 17 heavy (non-hydrogen) atoms. The molecule has 0 aliphatic heterocycles. The topological polar surface area (TPSA) is 60.8 Å². The molecule has 0 fully saturated rings. The first-order valence-electron chi connectivity index (χ1n) is 5.33. The van der Waals surface area contributed by atoms with Gasteiger partial charge in [-0.1, -0.05) is 11.6 Å². The van der Waals surface area contributed by atoms with Gasteiger partial charge < -0.3 is 10.2 Å². The second kappa shape index (κ2) is 5.89. The van der Waals surface area contributed by atoms with Gasteiger partial charge in [0.25, 0.3) is 0 Å². The van der Waals surface area contributed by atoms with E-state index < -0.39 is 5.97 Å². The maximum Gasteiger partial charge on any atom is 0.317 e. The van der Waals surface area contributed by atoms with Crippen molar-refractivity contribution in [1.29, 1.82) is 0 Å². The average Bonchev–Trinajstić information content (AvgIpc) is 2.21. The van der Waals surface area contributed by atoms with E-state index in [0.29, 0.717) is 17.1 Å². The molecular weight excluding hydrogens is 242 g/mol. The lowest BCUT2D eigenvalue weighted by molar-refractivity contribution is -0.138. The molecular formula is C12H16ClNO3. The first-order chi connectivity index (χ1) is 7.90. The number of hydrogen-bond acceptors (Lipinski definition) is 3. The molecule has 2 N–H and O–H groups in total. The van der Waals surface area contributed by atoms with Crippen LogP contribution in [0.15, 0.2) is 18.2 Å². The number of carbonyl (C=O) groups is 1. The summed E-state index contributed by atoms with van der Waals surface area (Å²) in [6.45, 7) is 4.11. The third-order valence-corrected chi connectivity index (χ3v) is 2.72. The van der Waals surface area contributed by atoms with Crippen LogP contribution >= 0.6 is 11.6 Å². The molecule has 0 bridgehead atoms. The Balaban J connectivity index is 2.85. The SMILES string of the molecule is CC(C)N(CC(=O)O)Cc1cc(Cl)ccc1O. The fourth-order valence-corrected chi connectivity index (χ4v) is 1.69. The van der Waals surface area contributed by atoms with Crippen molar-refractivity contribution in [2.45, 2.75) is 26.4 Å². The molecule has 0 saturated heterocycles. The summed E-state index contributed by atoms with van der Waals surface area (Å²) in [5.41, 5.74) is 0.632. The lowest BCUT2D eigenvalue weighted by atomic mass is 10.1. The highest BCUT2D eigenvalue weighted by molar-refractivity contribution is 6.30. The summed E-state index contributed by atoms with van der Waals surface area (Å²) in [6, 6.07) is 4.83. The molecule has 0 aliphatic carbocycles. The van der Waals surface area contributed by atoms with E-state index in [0.717, 1.165) is 0 Å². The van der Waals surface area contributed by atoms with Crippen LogP contribution in [0.25, 0.3) is 0 Å².